The van der Waals surface area contributed by atoms with Crippen molar-refractivity contribution in [1.29, 1.82) is 0 Å². The highest BCUT2D eigenvalue weighted by Gasteiger charge is 2.20. The van der Waals surface area contributed by atoms with Crippen molar-refractivity contribution in [2.24, 2.45) is 5.73 Å². The molecule has 2 heterocycles. The topological polar surface area (TPSA) is 82.5 Å². The van der Waals surface area contributed by atoms with E-state index >= 15 is 0 Å². The molecule has 0 aliphatic carbocycles. The molecule has 0 saturated carbocycles. The van der Waals surface area contributed by atoms with Gasteiger partial charge in [-0.2, -0.15) is 0 Å². The van der Waals surface area contributed by atoms with Crippen LogP contribution in [0, 0.1) is 5.82 Å². The molecule has 0 unspecified atom stereocenters. The summed E-state index contributed by atoms with van der Waals surface area (Å²) in [5, 5.41) is 4.14. The lowest BCUT2D eigenvalue weighted by Crippen LogP contribution is -2.16. The number of ether oxygens (including phenoxy) is 1. The summed E-state index contributed by atoms with van der Waals surface area (Å²) in [4.78, 5) is 16.1. The van der Waals surface area contributed by atoms with Gasteiger partial charge in [0.2, 0.25) is 5.88 Å². The Morgan fingerprint density at radius 2 is 1.95 bits per heavy atom. The lowest BCUT2D eigenvalue weighted by atomic mass is 10.1. The van der Waals surface area contributed by atoms with Gasteiger partial charge in [-0.05, 0) is 30.3 Å². The third-order valence-corrected chi connectivity index (χ3v) is 3.01. The predicted molar refractivity (Wildman–Crippen MR) is 73.5 cm³/mol. The molecule has 1 aromatic carbocycles. The van der Waals surface area contributed by atoms with Crippen LogP contribution >= 0.6 is 0 Å². The number of imidazole rings is 1. The highest BCUT2D eigenvalue weighted by Crippen LogP contribution is 2.24. The Hall–Kier alpha value is -2.96. The number of aromatic nitrogens is 3. The molecule has 3 rings (SSSR count). The molecule has 0 bridgehead atoms. The molecule has 106 valence electrons. The molecule has 0 aliphatic rings. The number of carbonyl (C=O) groups excluding carboxylic acids is 1. The second-order valence-corrected chi connectivity index (χ2v) is 4.33. The quantitative estimate of drug-likeness (QED) is 0.793. The number of benzene rings is 1. The van der Waals surface area contributed by atoms with Crippen molar-refractivity contribution in [3.8, 4) is 17.1 Å². The zero-order chi connectivity index (χ0) is 15.0. The second kappa shape index (κ2) is 4.86. The molecule has 0 saturated heterocycles. The minimum atomic E-state index is -0.678. The number of hydrogen-bond acceptors (Lipinski definition) is 4. The van der Waals surface area contributed by atoms with Gasteiger partial charge in [-0.15, -0.1) is 5.10 Å². The Bertz CT molecular complexity index is 827. The molecular formula is C14H11FN4O2. The monoisotopic (exact) mass is 286 g/mol. The summed E-state index contributed by atoms with van der Waals surface area (Å²) in [6, 6.07) is 8.92. The third kappa shape index (κ3) is 2.18. The Morgan fingerprint density at radius 3 is 2.57 bits per heavy atom. The van der Waals surface area contributed by atoms with E-state index in [0.29, 0.717) is 22.8 Å². The molecule has 6 nitrogen and oxygen atoms in total. The molecular weight excluding hydrogens is 275 g/mol. The van der Waals surface area contributed by atoms with Crippen molar-refractivity contribution < 1.29 is 13.9 Å². The standard InChI is InChI=1S/C14H11FN4O2/c1-21-11-7-6-10-17-12(8-2-4-9(15)5-3-8)13(14(16)20)19(10)18-11/h2-7H,1H3,(H2,16,20). The van der Waals surface area contributed by atoms with Gasteiger partial charge < -0.3 is 10.5 Å². The summed E-state index contributed by atoms with van der Waals surface area (Å²) in [5.41, 5.74) is 6.93. The van der Waals surface area contributed by atoms with Crippen LogP contribution in [0.2, 0.25) is 0 Å². The first-order chi connectivity index (χ1) is 10.1. The number of fused-ring (bicyclic) bond motifs is 1. The number of amides is 1. The van der Waals surface area contributed by atoms with E-state index in [0.717, 1.165) is 0 Å². The first-order valence-electron chi connectivity index (χ1n) is 6.09. The average molecular weight is 286 g/mol. The maximum Gasteiger partial charge on any atom is 0.269 e. The molecule has 2 N–H and O–H groups in total. The number of methoxy groups -OCH3 is 1. The van der Waals surface area contributed by atoms with Crippen LogP contribution in [0.4, 0.5) is 4.39 Å². The van der Waals surface area contributed by atoms with Crippen LogP contribution in [-0.4, -0.2) is 27.6 Å². The Balaban J connectivity index is 2.29. The number of carbonyl (C=O) groups is 1. The van der Waals surface area contributed by atoms with Crippen molar-refractivity contribution in [3.05, 3.63) is 47.9 Å². The van der Waals surface area contributed by atoms with Crippen LogP contribution in [0.3, 0.4) is 0 Å². The molecule has 3 aromatic rings. The van der Waals surface area contributed by atoms with Crippen LogP contribution < -0.4 is 10.5 Å². The minimum Gasteiger partial charge on any atom is -0.480 e. The van der Waals surface area contributed by atoms with E-state index in [4.69, 9.17) is 10.5 Å². The molecule has 21 heavy (non-hydrogen) atoms. The van der Waals surface area contributed by atoms with Gasteiger partial charge in [0.05, 0.1) is 7.11 Å². The van der Waals surface area contributed by atoms with Crippen LogP contribution in [0.15, 0.2) is 36.4 Å². The van der Waals surface area contributed by atoms with Crippen molar-refractivity contribution >= 4 is 11.6 Å². The van der Waals surface area contributed by atoms with Gasteiger partial charge in [-0.1, -0.05) is 0 Å². The van der Waals surface area contributed by atoms with E-state index in [1.54, 1.807) is 12.1 Å². The van der Waals surface area contributed by atoms with Gasteiger partial charge in [0.15, 0.2) is 11.3 Å². The van der Waals surface area contributed by atoms with Crippen LogP contribution in [0.25, 0.3) is 16.9 Å². The molecule has 0 fully saturated rings. The molecule has 2 aromatic heterocycles. The third-order valence-electron chi connectivity index (χ3n) is 3.01. The van der Waals surface area contributed by atoms with E-state index in [1.165, 1.54) is 35.9 Å². The maximum atomic E-state index is 13.0. The zero-order valence-electron chi connectivity index (χ0n) is 11.1. The van der Waals surface area contributed by atoms with Gasteiger partial charge in [-0.3, -0.25) is 4.79 Å². The average Bonchev–Trinajstić information content (AvgIpc) is 2.86. The fourth-order valence-electron chi connectivity index (χ4n) is 2.06. The zero-order valence-corrected chi connectivity index (χ0v) is 11.1. The molecule has 0 aliphatic heterocycles. The van der Waals surface area contributed by atoms with E-state index in [9.17, 15) is 9.18 Å². The molecule has 0 radical (unpaired) electrons. The number of nitrogens with zero attached hydrogens (tertiary/aromatic N) is 3. The fraction of sp³-hybridized carbons (Fsp3) is 0.0714. The van der Waals surface area contributed by atoms with Gasteiger partial charge >= 0.3 is 0 Å². The Kier molecular flexibility index (Phi) is 3.02. The summed E-state index contributed by atoms with van der Waals surface area (Å²) in [6.45, 7) is 0. The largest absolute Gasteiger partial charge is 0.480 e. The second-order valence-electron chi connectivity index (χ2n) is 4.33. The predicted octanol–water partition coefficient (Wildman–Crippen LogP) is 1.64. The van der Waals surface area contributed by atoms with Gasteiger partial charge in [-0.25, -0.2) is 13.9 Å². The van der Waals surface area contributed by atoms with Gasteiger partial charge in [0, 0.05) is 11.6 Å². The lowest BCUT2D eigenvalue weighted by Gasteiger charge is -2.02. The Morgan fingerprint density at radius 1 is 1.24 bits per heavy atom. The first-order valence-corrected chi connectivity index (χ1v) is 6.09. The summed E-state index contributed by atoms with van der Waals surface area (Å²) in [6.07, 6.45) is 0. The van der Waals surface area contributed by atoms with Crippen molar-refractivity contribution in [3.63, 3.8) is 0 Å². The normalized spacial score (nSPS) is 10.8. The summed E-state index contributed by atoms with van der Waals surface area (Å²) < 4.78 is 19.4. The number of rotatable bonds is 3. The maximum absolute atomic E-state index is 13.0. The molecule has 1 amide bonds. The van der Waals surface area contributed by atoms with Crippen molar-refractivity contribution in [2.45, 2.75) is 0 Å². The number of nitrogens with two attached hydrogens (primary N) is 1. The van der Waals surface area contributed by atoms with Crippen LogP contribution in [-0.2, 0) is 0 Å². The summed E-state index contributed by atoms with van der Waals surface area (Å²) in [5.74, 6) is -0.724. The molecule has 0 spiro atoms. The highest BCUT2D eigenvalue weighted by molar-refractivity contribution is 5.98. The van der Waals surface area contributed by atoms with E-state index in [2.05, 4.69) is 10.1 Å². The van der Waals surface area contributed by atoms with Crippen molar-refractivity contribution in [2.75, 3.05) is 7.11 Å². The van der Waals surface area contributed by atoms with Gasteiger partial charge in [0.1, 0.15) is 11.5 Å². The highest BCUT2D eigenvalue weighted by atomic mass is 19.1. The smallest absolute Gasteiger partial charge is 0.269 e. The lowest BCUT2D eigenvalue weighted by molar-refractivity contribution is 0.0994. The van der Waals surface area contributed by atoms with Gasteiger partial charge in [0.25, 0.3) is 5.91 Å². The van der Waals surface area contributed by atoms with E-state index in [1.807, 2.05) is 0 Å². The van der Waals surface area contributed by atoms with Crippen LogP contribution in [0.5, 0.6) is 5.88 Å². The van der Waals surface area contributed by atoms with Crippen LogP contribution in [0.1, 0.15) is 10.5 Å². The molecule has 7 heteroatoms. The number of hydrogen-bond donors (Lipinski definition) is 1. The number of primary amides is 1. The van der Waals surface area contributed by atoms with E-state index in [-0.39, 0.29) is 11.5 Å². The first kappa shape index (κ1) is 13.0. The summed E-state index contributed by atoms with van der Waals surface area (Å²) >= 11 is 0. The minimum absolute atomic E-state index is 0.121. The SMILES string of the molecule is COc1ccc2nc(-c3ccc(F)cc3)c(C(N)=O)n2n1. The Labute approximate surface area is 119 Å². The summed E-state index contributed by atoms with van der Waals surface area (Å²) in [7, 11) is 1.47. The fourth-order valence-corrected chi connectivity index (χ4v) is 2.06. The van der Waals surface area contributed by atoms with E-state index < -0.39 is 5.91 Å². The molecule has 0 atom stereocenters. The van der Waals surface area contributed by atoms with Crippen molar-refractivity contribution in [1.82, 2.24) is 14.6 Å². The number of halogens is 1.